The number of aliphatic hydroxyl groups is 2. The number of fused-ring (bicyclic) bond motifs is 1. The number of hydrogen-bond acceptors (Lipinski definition) is 6. The second kappa shape index (κ2) is 4.45. The van der Waals surface area contributed by atoms with Gasteiger partial charge in [-0.1, -0.05) is 0 Å². The predicted molar refractivity (Wildman–Crippen MR) is 60.6 cm³/mol. The Balaban J connectivity index is 2.14. The summed E-state index contributed by atoms with van der Waals surface area (Å²) in [4.78, 5) is 11.7. The van der Waals surface area contributed by atoms with E-state index in [1.807, 2.05) is 0 Å². The standard InChI is InChI=1S/C12H20O6/c1-4-16-10(14)12(15)5-7(13)9-8(6-12)17-11(2,3)18-9/h7-9,13,15H,4-6H2,1-3H3. The second-order valence-electron chi connectivity index (χ2n) is 5.37. The fraction of sp³-hybridized carbons (Fsp3) is 0.917. The van der Waals surface area contributed by atoms with Crippen molar-refractivity contribution in [1.82, 2.24) is 0 Å². The summed E-state index contributed by atoms with van der Waals surface area (Å²) in [5.41, 5.74) is -1.69. The summed E-state index contributed by atoms with van der Waals surface area (Å²) in [5, 5.41) is 20.3. The van der Waals surface area contributed by atoms with Gasteiger partial charge in [0.2, 0.25) is 0 Å². The van der Waals surface area contributed by atoms with Crippen LogP contribution in [0.15, 0.2) is 0 Å². The van der Waals surface area contributed by atoms with Crippen molar-refractivity contribution >= 4 is 5.97 Å². The van der Waals surface area contributed by atoms with Crippen molar-refractivity contribution in [2.75, 3.05) is 6.61 Å². The quantitative estimate of drug-likeness (QED) is 0.677. The van der Waals surface area contributed by atoms with Crippen LogP contribution in [0.25, 0.3) is 0 Å². The minimum absolute atomic E-state index is 0.0803. The molecule has 1 aliphatic carbocycles. The van der Waals surface area contributed by atoms with Crippen LogP contribution in [-0.4, -0.2) is 52.5 Å². The fourth-order valence-corrected chi connectivity index (χ4v) is 2.66. The van der Waals surface area contributed by atoms with E-state index in [0.29, 0.717) is 0 Å². The summed E-state index contributed by atoms with van der Waals surface area (Å²) in [6.45, 7) is 5.33. The van der Waals surface area contributed by atoms with Gasteiger partial charge < -0.3 is 24.4 Å². The SMILES string of the molecule is CCOC(=O)C1(O)CC(O)C2OC(C)(C)OC2C1. The number of carbonyl (C=O) groups excluding carboxylic acids is 1. The predicted octanol–water partition coefficient (Wildman–Crippen LogP) is -0.0446. The lowest BCUT2D eigenvalue weighted by molar-refractivity contribution is -0.181. The third-order valence-corrected chi connectivity index (χ3v) is 3.34. The van der Waals surface area contributed by atoms with E-state index in [0.717, 1.165) is 0 Å². The summed E-state index contributed by atoms with van der Waals surface area (Å²) < 4.78 is 16.0. The maximum absolute atomic E-state index is 11.7. The highest BCUT2D eigenvalue weighted by Crippen LogP contribution is 2.41. The van der Waals surface area contributed by atoms with E-state index in [4.69, 9.17) is 14.2 Å². The number of ether oxygens (including phenoxy) is 3. The lowest BCUT2D eigenvalue weighted by Gasteiger charge is -2.37. The largest absolute Gasteiger partial charge is 0.464 e. The first kappa shape index (κ1) is 13.7. The van der Waals surface area contributed by atoms with Crippen molar-refractivity contribution in [2.45, 2.75) is 63.3 Å². The van der Waals surface area contributed by atoms with Gasteiger partial charge >= 0.3 is 5.97 Å². The number of esters is 1. The minimum Gasteiger partial charge on any atom is -0.464 e. The number of carbonyl (C=O) groups is 1. The third kappa shape index (κ3) is 2.38. The van der Waals surface area contributed by atoms with Gasteiger partial charge in [0.05, 0.1) is 18.8 Å². The zero-order valence-electron chi connectivity index (χ0n) is 10.9. The highest BCUT2D eigenvalue weighted by Gasteiger charge is 2.56. The van der Waals surface area contributed by atoms with Crippen LogP contribution in [-0.2, 0) is 19.0 Å². The Bertz CT molecular complexity index is 341. The molecule has 2 N–H and O–H groups in total. The van der Waals surface area contributed by atoms with Crippen molar-refractivity contribution < 1.29 is 29.2 Å². The number of hydrogen-bond donors (Lipinski definition) is 2. The van der Waals surface area contributed by atoms with Crippen molar-refractivity contribution in [3.63, 3.8) is 0 Å². The van der Waals surface area contributed by atoms with Crippen molar-refractivity contribution in [1.29, 1.82) is 0 Å². The molecule has 0 spiro atoms. The van der Waals surface area contributed by atoms with E-state index in [1.54, 1.807) is 20.8 Å². The molecule has 1 saturated heterocycles. The summed E-state index contributed by atoms with van der Waals surface area (Å²) >= 11 is 0. The molecule has 18 heavy (non-hydrogen) atoms. The maximum atomic E-state index is 11.7. The molecule has 2 rings (SSSR count). The molecule has 2 fully saturated rings. The zero-order chi connectivity index (χ0) is 13.6. The molecule has 0 amide bonds. The van der Waals surface area contributed by atoms with E-state index in [-0.39, 0.29) is 19.4 Å². The molecule has 0 aromatic carbocycles. The lowest BCUT2D eigenvalue weighted by atomic mass is 9.80. The van der Waals surface area contributed by atoms with Crippen molar-refractivity contribution in [3.05, 3.63) is 0 Å². The number of aliphatic hydroxyl groups excluding tert-OH is 1. The average Bonchev–Trinajstić information content (AvgIpc) is 2.53. The number of rotatable bonds is 2. The Labute approximate surface area is 106 Å². The van der Waals surface area contributed by atoms with E-state index in [2.05, 4.69) is 0 Å². The first-order valence-corrected chi connectivity index (χ1v) is 6.21. The molecule has 0 aromatic rings. The van der Waals surface area contributed by atoms with Gasteiger partial charge in [0.25, 0.3) is 0 Å². The van der Waals surface area contributed by atoms with Gasteiger partial charge in [0.1, 0.15) is 6.10 Å². The summed E-state index contributed by atoms with van der Waals surface area (Å²) in [6.07, 6.45) is -1.96. The second-order valence-corrected chi connectivity index (χ2v) is 5.37. The lowest BCUT2D eigenvalue weighted by Crippen LogP contribution is -2.55. The Morgan fingerprint density at radius 2 is 2.06 bits per heavy atom. The van der Waals surface area contributed by atoms with Crippen molar-refractivity contribution in [3.8, 4) is 0 Å². The molecule has 6 heteroatoms. The van der Waals surface area contributed by atoms with Crippen LogP contribution in [0, 0.1) is 0 Å². The van der Waals surface area contributed by atoms with Crippen LogP contribution in [0.2, 0.25) is 0 Å². The molecule has 4 unspecified atom stereocenters. The van der Waals surface area contributed by atoms with Gasteiger partial charge in [-0.25, -0.2) is 4.79 Å². The van der Waals surface area contributed by atoms with Gasteiger partial charge in [0, 0.05) is 12.8 Å². The monoisotopic (exact) mass is 260 g/mol. The summed E-state index contributed by atoms with van der Waals surface area (Å²) in [7, 11) is 0. The minimum atomic E-state index is -1.69. The van der Waals surface area contributed by atoms with Crippen molar-refractivity contribution in [2.24, 2.45) is 0 Å². The Morgan fingerprint density at radius 1 is 1.39 bits per heavy atom. The normalized spacial score (nSPS) is 42.4. The van der Waals surface area contributed by atoms with Crippen LogP contribution < -0.4 is 0 Å². The first-order chi connectivity index (χ1) is 8.27. The Kier molecular flexibility index (Phi) is 3.40. The Hall–Kier alpha value is -0.690. The molecule has 4 atom stereocenters. The van der Waals surface area contributed by atoms with Gasteiger partial charge in [-0.2, -0.15) is 0 Å². The van der Waals surface area contributed by atoms with E-state index in [9.17, 15) is 15.0 Å². The average molecular weight is 260 g/mol. The molecule has 1 aliphatic heterocycles. The van der Waals surface area contributed by atoms with E-state index < -0.39 is 35.7 Å². The highest BCUT2D eigenvalue weighted by molar-refractivity contribution is 5.79. The van der Waals surface area contributed by atoms with Crippen LogP contribution in [0.5, 0.6) is 0 Å². The molecular formula is C12H20O6. The molecule has 2 aliphatic rings. The van der Waals surface area contributed by atoms with Gasteiger partial charge in [0.15, 0.2) is 11.4 Å². The fourth-order valence-electron chi connectivity index (χ4n) is 2.66. The van der Waals surface area contributed by atoms with Crippen LogP contribution in [0.3, 0.4) is 0 Å². The molecule has 6 nitrogen and oxygen atoms in total. The van der Waals surface area contributed by atoms with Crippen LogP contribution >= 0.6 is 0 Å². The first-order valence-electron chi connectivity index (χ1n) is 6.21. The molecule has 0 radical (unpaired) electrons. The van der Waals surface area contributed by atoms with Gasteiger partial charge in [-0.05, 0) is 20.8 Å². The molecule has 1 saturated carbocycles. The third-order valence-electron chi connectivity index (χ3n) is 3.34. The van der Waals surface area contributed by atoms with Crippen LogP contribution in [0.1, 0.15) is 33.6 Å². The molecule has 0 aromatic heterocycles. The molecule has 104 valence electrons. The molecular weight excluding hydrogens is 240 g/mol. The van der Waals surface area contributed by atoms with Gasteiger partial charge in [-0.3, -0.25) is 0 Å². The smallest absolute Gasteiger partial charge is 0.338 e. The summed E-state index contributed by atoms with van der Waals surface area (Å²) in [5.74, 6) is -1.52. The molecule has 0 bridgehead atoms. The maximum Gasteiger partial charge on any atom is 0.338 e. The zero-order valence-corrected chi connectivity index (χ0v) is 10.9. The Morgan fingerprint density at radius 3 is 2.67 bits per heavy atom. The van der Waals surface area contributed by atoms with E-state index >= 15 is 0 Å². The van der Waals surface area contributed by atoms with Crippen LogP contribution in [0.4, 0.5) is 0 Å². The molecule has 1 heterocycles. The van der Waals surface area contributed by atoms with Gasteiger partial charge in [-0.15, -0.1) is 0 Å². The van der Waals surface area contributed by atoms with E-state index in [1.165, 1.54) is 0 Å². The highest BCUT2D eigenvalue weighted by atomic mass is 16.8. The summed E-state index contributed by atoms with van der Waals surface area (Å²) in [6, 6.07) is 0. The topological polar surface area (TPSA) is 85.2 Å².